The highest BCUT2D eigenvalue weighted by Crippen LogP contribution is 2.26. The van der Waals surface area contributed by atoms with Crippen molar-refractivity contribution in [3.63, 3.8) is 0 Å². The molecule has 1 aliphatic heterocycles. The van der Waals surface area contributed by atoms with Crippen LogP contribution < -0.4 is 10.6 Å². The third-order valence-electron chi connectivity index (χ3n) is 5.11. The van der Waals surface area contributed by atoms with Gasteiger partial charge in [0.15, 0.2) is 5.96 Å². The number of nitrogens with one attached hydrogen (secondary N) is 2. The molecule has 1 aromatic heterocycles. The molecule has 28 heavy (non-hydrogen) atoms. The lowest BCUT2D eigenvalue weighted by atomic mass is 10.2. The van der Waals surface area contributed by atoms with E-state index in [0.717, 1.165) is 69.8 Å². The fraction of sp³-hybridized carbons (Fsp3) is 0.762. The average molecular weight is 394 g/mol. The zero-order chi connectivity index (χ0) is 20.2. The largest absolute Gasteiger partial charge is 0.465 e. The Morgan fingerprint density at radius 3 is 2.71 bits per heavy atom. The Hall–Kier alpha value is -1.57. The summed E-state index contributed by atoms with van der Waals surface area (Å²) in [7, 11) is 3.89. The van der Waals surface area contributed by atoms with Crippen LogP contribution in [-0.4, -0.2) is 82.3 Å². The molecule has 1 fully saturated rings. The van der Waals surface area contributed by atoms with Gasteiger partial charge >= 0.3 is 0 Å². The van der Waals surface area contributed by atoms with Crippen LogP contribution >= 0.6 is 0 Å². The normalized spacial score (nSPS) is 16.7. The lowest BCUT2D eigenvalue weighted by Crippen LogP contribution is -2.41. The quantitative estimate of drug-likeness (QED) is 0.323. The summed E-state index contributed by atoms with van der Waals surface area (Å²) in [4.78, 5) is 9.68. The molecule has 0 aromatic carbocycles. The lowest BCUT2D eigenvalue weighted by Gasteiger charge is -2.25. The first-order valence-corrected chi connectivity index (χ1v) is 10.6. The maximum atomic E-state index is 5.94. The van der Waals surface area contributed by atoms with Crippen molar-refractivity contribution >= 4 is 5.96 Å². The second-order valence-electron chi connectivity index (χ2n) is 7.50. The molecule has 0 bridgehead atoms. The number of guanidine groups is 1. The van der Waals surface area contributed by atoms with Crippen LogP contribution in [0.5, 0.6) is 0 Å². The van der Waals surface area contributed by atoms with Crippen molar-refractivity contribution < 1.29 is 9.15 Å². The van der Waals surface area contributed by atoms with Crippen molar-refractivity contribution in [1.29, 1.82) is 0 Å². The summed E-state index contributed by atoms with van der Waals surface area (Å²) < 4.78 is 11.1. The Morgan fingerprint density at radius 1 is 1.29 bits per heavy atom. The van der Waals surface area contributed by atoms with E-state index in [1.807, 2.05) is 13.0 Å². The van der Waals surface area contributed by atoms with Gasteiger partial charge in [-0.25, -0.2) is 0 Å². The Balaban J connectivity index is 1.89. The van der Waals surface area contributed by atoms with Gasteiger partial charge in [-0.05, 0) is 65.4 Å². The third kappa shape index (κ3) is 7.81. The number of furan rings is 1. The maximum absolute atomic E-state index is 5.94. The highest BCUT2D eigenvalue weighted by molar-refractivity contribution is 5.79. The van der Waals surface area contributed by atoms with E-state index >= 15 is 0 Å². The second-order valence-corrected chi connectivity index (χ2v) is 7.50. The fourth-order valence-corrected chi connectivity index (χ4v) is 3.55. The molecule has 0 aliphatic carbocycles. The van der Waals surface area contributed by atoms with Crippen LogP contribution in [0.1, 0.15) is 43.7 Å². The number of hydrogen-bond donors (Lipinski definition) is 2. The van der Waals surface area contributed by atoms with Gasteiger partial charge in [-0.1, -0.05) is 0 Å². The van der Waals surface area contributed by atoms with Crippen molar-refractivity contribution in [2.24, 2.45) is 4.99 Å². The van der Waals surface area contributed by atoms with E-state index in [2.05, 4.69) is 40.5 Å². The number of likely N-dealkylation sites (tertiary alicyclic amines) is 1. The van der Waals surface area contributed by atoms with Gasteiger partial charge in [0.2, 0.25) is 0 Å². The minimum absolute atomic E-state index is 0.211. The van der Waals surface area contributed by atoms with Gasteiger partial charge in [-0.15, -0.1) is 0 Å². The number of ether oxygens (including phenoxy) is 1. The third-order valence-corrected chi connectivity index (χ3v) is 5.11. The minimum Gasteiger partial charge on any atom is -0.465 e. The number of aliphatic imine (C=N–C) groups is 1. The van der Waals surface area contributed by atoms with Crippen LogP contribution in [0.15, 0.2) is 21.5 Å². The summed E-state index contributed by atoms with van der Waals surface area (Å²) in [5, 5.41) is 6.82. The molecule has 1 aromatic rings. The standard InChI is InChI=1S/C21H39N5O2/c1-5-22-21(23-11-15-25(3)12-8-16-27-4)24-17-19(26-13-6-7-14-26)20-10-9-18(2)28-20/h9-10,19H,5-8,11-17H2,1-4H3,(H2,22,23,24). The van der Waals surface area contributed by atoms with Crippen LogP contribution in [-0.2, 0) is 4.74 Å². The molecule has 1 atom stereocenters. The number of likely N-dealkylation sites (N-methyl/N-ethyl adjacent to an activating group) is 1. The molecule has 160 valence electrons. The zero-order valence-electron chi connectivity index (χ0n) is 18.2. The van der Waals surface area contributed by atoms with E-state index < -0.39 is 0 Å². The highest BCUT2D eigenvalue weighted by atomic mass is 16.5. The number of methoxy groups -OCH3 is 1. The second kappa shape index (κ2) is 12.8. The molecule has 2 N–H and O–H groups in total. The molecular formula is C21H39N5O2. The average Bonchev–Trinajstić information content (AvgIpc) is 3.34. The van der Waals surface area contributed by atoms with Gasteiger partial charge in [0, 0.05) is 39.9 Å². The fourth-order valence-electron chi connectivity index (χ4n) is 3.55. The van der Waals surface area contributed by atoms with E-state index in [9.17, 15) is 0 Å². The van der Waals surface area contributed by atoms with Crippen LogP contribution in [0, 0.1) is 6.92 Å². The first kappa shape index (κ1) is 22.7. The summed E-state index contributed by atoms with van der Waals surface area (Å²) in [5.74, 6) is 2.86. The molecule has 7 heteroatoms. The van der Waals surface area contributed by atoms with Crippen molar-refractivity contribution in [2.75, 3.05) is 66.6 Å². The number of nitrogens with zero attached hydrogens (tertiary/aromatic N) is 3. The molecule has 2 heterocycles. The number of rotatable bonds is 12. The first-order chi connectivity index (χ1) is 13.6. The van der Waals surface area contributed by atoms with E-state index in [0.29, 0.717) is 6.54 Å². The van der Waals surface area contributed by atoms with Gasteiger partial charge in [0.05, 0.1) is 12.6 Å². The SMILES string of the molecule is CCNC(=NCC(c1ccc(C)o1)N1CCCC1)NCCN(C)CCCOC. The molecular weight excluding hydrogens is 354 g/mol. The van der Waals surface area contributed by atoms with Crippen molar-refractivity contribution in [1.82, 2.24) is 20.4 Å². The molecule has 0 amide bonds. The van der Waals surface area contributed by atoms with Crippen molar-refractivity contribution in [2.45, 2.75) is 39.2 Å². The van der Waals surface area contributed by atoms with Crippen molar-refractivity contribution in [3.05, 3.63) is 23.7 Å². The van der Waals surface area contributed by atoms with Crippen LogP contribution in [0.4, 0.5) is 0 Å². The lowest BCUT2D eigenvalue weighted by molar-refractivity contribution is 0.180. The molecule has 2 rings (SSSR count). The summed E-state index contributed by atoms with van der Waals surface area (Å²) in [5.41, 5.74) is 0. The van der Waals surface area contributed by atoms with Crippen LogP contribution in [0.25, 0.3) is 0 Å². The first-order valence-electron chi connectivity index (χ1n) is 10.6. The maximum Gasteiger partial charge on any atom is 0.191 e. The molecule has 0 radical (unpaired) electrons. The topological polar surface area (TPSA) is 65.3 Å². The Morgan fingerprint density at radius 2 is 2.07 bits per heavy atom. The monoisotopic (exact) mass is 393 g/mol. The summed E-state index contributed by atoms with van der Waals surface area (Å²) >= 11 is 0. The number of hydrogen-bond acceptors (Lipinski definition) is 5. The summed E-state index contributed by atoms with van der Waals surface area (Å²) in [6.45, 7) is 11.6. The predicted molar refractivity (Wildman–Crippen MR) is 115 cm³/mol. The van der Waals surface area contributed by atoms with Crippen molar-refractivity contribution in [3.8, 4) is 0 Å². The van der Waals surface area contributed by atoms with Gasteiger partial charge in [-0.2, -0.15) is 0 Å². The van der Waals surface area contributed by atoms with E-state index in [-0.39, 0.29) is 6.04 Å². The van der Waals surface area contributed by atoms with Gasteiger partial charge in [-0.3, -0.25) is 9.89 Å². The van der Waals surface area contributed by atoms with E-state index in [4.69, 9.17) is 14.1 Å². The Labute approximate surface area is 170 Å². The zero-order valence-corrected chi connectivity index (χ0v) is 18.2. The summed E-state index contributed by atoms with van der Waals surface area (Å²) in [6, 6.07) is 4.36. The molecule has 0 saturated carbocycles. The van der Waals surface area contributed by atoms with E-state index in [1.54, 1.807) is 7.11 Å². The minimum atomic E-state index is 0.211. The molecule has 1 unspecified atom stereocenters. The van der Waals surface area contributed by atoms with Gasteiger partial charge in [0.25, 0.3) is 0 Å². The predicted octanol–water partition coefficient (Wildman–Crippen LogP) is 2.25. The molecule has 0 spiro atoms. The summed E-state index contributed by atoms with van der Waals surface area (Å²) in [6.07, 6.45) is 3.57. The Kier molecular flexibility index (Phi) is 10.4. The molecule has 1 saturated heterocycles. The van der Waals surface area contributed by atoms with Crippen LogP contribution in [0.3, 0.4) is 0 Å². The molecule has 7 nitrogen and oxygen atoms in total. The molecule has 1 aliphatic rings. The van der Waals surface area contributed by atoms with Gasteiger partial charge < -0.3 is 24.7 Å². The highest BCUT2D eigenvalue weighted by Gasteiger charge is 2.25. The van der Waals surface area contributed by atoms with Crippen LogP contribution in [0.2, 0.25) is 0 Å². The van der Waals surface area contributed by atoms with Gasteiger partial charge in [0.1, 0.15) is 11.5 Å². The number of aryl methyl sites for hydroxylation is 1. The van der Waals surface area contributed by atoms with E-state index in [1.165, 1.54) is 12.8 Å². The Bertz CT molecular complexity index is 569. The smallest absolute Gasteiger partial charge is 0.191 e.